The molecule has 0 bridgehead atoms. The van der Waals surface area contributed by atoms with Crippen LogP contribution in [0.1, 0.15) is 26.3 Å². The van der Waals surface area contributed by atoms with Gasteiger partial charge in [0, 0.05) is 5.56 Å². The first kappa shape index (κ1) is 22.9. The molecule has 4 nitrogen and oxygen atoms in total. The van der Waals surface area contributed by atoms with E-state index in [9.17, 15) is 10.3 Å². The zero-order valence-electron chi connectivity index (χ0n) is 19.1. The van der Waals surface area contributed by atoms with E-state index in [1.807, 2.05) is 66.7 Å². The Morgan fingerprint density at radius 2 is 1.31 bits per heavy atom. The minimum Gasteiger partial charge on any atom is -0.632 e. The molecule has 0 spiro atoms. The first-order valence-electron chi connectivity index (χ1n) is 11.3. The van der Waals surface area contributed by atoms with Gasteiger partial charge in [-0.05, 0) is 15.4 Å². The molecule has 3 atom stereocenters. The molecule has 1 heterocycles. The maximum Gasteiger partial charge on any atom is 0.261 e. The number of rotatable bonds is 6. The first-order valence-corrected chi connectivity index (χ1v) is 13.2. The van der Waals surface area contributed by atoms with Gasteiger partial charge in [0.05, 0.1) is 0 Å². The minimum atomic E-state index is -2.82. The molecule has 0 unspecified atom stereocenters. The van der Waals surface area contributed by atoms with Gasteiger partial charge in [-0.3, -0.25) is 0 Å². The quantitative estimate of drug-likeness (QED) is 0.355. The summed E-state index contributed by atoms with van der Waals surface area (Å²) in [5.74, 6) is 0. The molecule has 0 radical (unpaired) electrons. The zero-order valence-corrected chi connectivity index (χ0v) is 20.1. The Labute approximate surface area is 192 Å². The molecule has 1 saturated heterocycles. The van der Waals surface area contributed by atoms with Crippen molar-refractivity contribution in [1.82, 2.24) is 0 Å². The third kappa shape index (κ3) is 4.44. The Balaban J connectivity index is 1.72. The lowest BCUT2D eigenvalue weighted by Crippen LogP contribution is -2.68. The van der Waals surface area contributed by atoms with Crippen molar-refractivity contribution >= 4 is 18.7 Å². The molecule has 4 rings (SSSR count). The highest BCUT2D eigenvalue weighted by atomic mass is 28.4. The third-order valence-electron chi connectivity index (χ3n) is 6.52. The average molecular weight is 448 g/mol. The fourth-order valence-corrected chi connectivity index (χ4v) is 9.76. The summed E-state index contributed by atoms with van der Waals surface area (Å²) in [4.78, 5) is 0. The van der Waals surface area contributed by atoms with Crippen molar-refractivity contribution < 1.29 is 14.2 Å². The molecule has 0 aromatic heterocycles. The fraction of sp³-hybridized carbons (Fsp3) is 0.333. The summed E-state index contributed by atoms with van der Waals surface area (Å²) in [5, 5.41) is 26.7. The van der Waals surface area contributed by atoms with E-state index in [2.05, 4.69) is 45.0 Å². The zero-order chi connectivity index (χ0) is 22.8. The number of hydroxylamine groups is 3. The molecule has 1 aliphatic rings. The number of aliphatic hydroxyl groups excluding tert-OH is 1. The van der Waals surface area contributed by atoms with Gasteiger partial charge in [-0.2, -0.15) is 0 Å². The predicted octanol–water partition coefficient (Wildman–Crippen LogP) is 3.82. The van der Waals surface area contributed by atoms with Crippen molar-refractivity contribution in [2.45, 2.75) is 44.6 Å². The van der Waals surface area contributed by atoms with Crippen molar-refractivity contribution in [3.8, 4) is 0 Å². The van der Waals surface area contributed by atoms with Gasteiger partial charge in [-0.15, -0.1) is 0 Å². The van der Waals surface area contributed by atoms with Crippen molar-refractivity contribution in [3.63, 3.8) is 0 Å². The van der Waals surface area contributed by atoms with Crippen molar-refractivity contribution in [3.05, 3.63) is 102 Å². The smallest absolute Gasteiger partial charge is 0.261 e. The molecule has 0 amide bonds. The highest BCUT2D eigenvalue weighted by Crippen LogP contribution is 2.39. The molecule has 168 valence electrons. The van der Waals surface area contributed by atoms with Crippen LogP contribution in [0, 0.1) is 5.21 Å². The lowest BCUT2D eigenvalue weighted by atomic mass is 10.2. The molecule has 5 heteroatoms. The lowest BCUT2D eigenvalue weighted by molar-refractivity contribution is -0.884. The summed E-state index contributed by atoms with van der Waals surface area (Å²) in [6, 6.07) is 30.5. The average Bonchev–Trinajstić information content (AvgIpc) is 3.05. The molecule has 1 aliphatic heterocycles. The van der Waals surface area contributed by atoms with Gasteiger partial charge in [0.1, 0.15) is 31.8 Å². The SMILES string of the molecule is CC(C)(C)[Si](O[C@H]1C[N@+]([O-])(Cc2ccccc2)C[C@@H]1O)(c1ccccc1)c1ccccc1. The normalized spacial score (nSPS) is 23.9. The molecule has 1 fully saturated rings. The largest absolute Gasteiger partial charge is 0.632 e. The highest BCUT2D eigenvalue weighted by molar-refractivity contribution is 6.99. The summed E-state index contributed by atoms with van der Waals surface area (Å²) in [7, 11) is -2.82. The second-order valence-corrected chi connectivity index (χ2v) is 14.2. The van der Waals surface area contributed by atoms with Crippen LogP contribution in [0.4, 0.5) is 0 Å². The summed E-state index contributed by atoms with van der Waals surface area (Å²) >= 11 is 0. The Morgan fingerprint density at radius 3 is 1.78 bits per heavy atom. The number of quaternary nitrogens is 1. The van der Waals surface area contributed by atoms with Crippen molar-refractivity contribution in [1.29, 1.82) is 0 Å². The van der Waals surface area contributed by atoms with Gasteiger partial charge in [0.15, 0.2) is 0 Å². The summed E-state index contributed by atoms with van der Waals surface area (Å²) in [5.41, 5.74) is 0.987. The monoisotopic (exact) mass is 447 g/mol. The van der Waals surface area contributed by atoms with E-state index in [1.165, 1.54) is 0 Å². The standard InChI is InChI=1S/C27H33NO3Si/c1-27(2,3)32(23-15-9-5-10-16-23,24-17-11-6-12-18-24)31-26-21-28(30,20-25(26)29)19-22-13-7-4-8-14-22/h4-18,25-26,29H,19-21H2,1-3H3/t25-,26-,28-/m0/s1. The predicted molar refractivity (Wildman–Crippen MR) is 132 cm³/mol. The molecular formula is C27H33NO3Si. The topological polar surface area (TPSA) is 52.5 Å². The van der Waals surface area contributed by atoms with Gasteiger partial charge in [0.25, 0.3) is 8.32 Å². The van der Waals surface area contributed by atoms with Crippen molar-refractivity contribution in [2.24, 2.45) is 0 Å². The maximum atomic E-state index is 13.6. The Hall–Kier alpha value is -2.28. The van der Waals surface area contributed by atoms with Gasteiger partial charge in [-0.25, -0.2) is 0 Å². The van der Waals surface area contributed by atoms with Crippen LogP contribution in [-0.2, 0) is 11.0 Å². The molecular weight excluding hydrogens is 414 g/mol. The Bertz CT molecular complexity index is 968. The Kier molecular flexibility index (Phi) is 6.39. The lowest BCUT2D eigenvalue weighted by Gasteiger charge is -2.45. The maximum absolute atomic E-state index is 13.6. The number of nitrogens with zero attached hydrogens (tertiary/aromatic N) is 1. The van der Waals surface area contributed by atoms with Crippen molar-refractivity contribution in [2.75, 3.05) is 13.1 Å². The van der Waals surface area contributed by atoms with Crippen LogP contribution >= 0.6 is 0 Å². The van der Waals surface area contributed by atoms with Crippen LogP contribution in [0.15, 0.2) is 91.0 Å². The molecule has 3 aromatic rings. The van der Waals surface area contributed by atoms with Crippen LogP contribution in [0.2, 0.25) is 5.04 Å². The molecule has 0 aliphatic carbocycles. The fourth-order valence-electron chi connectivity index (χ4n) is 5.06. The summed E-state index contributed by atoms with van der Waals surface area (Å²) in [6.07, 6.45) is -1.31. The second-order valence-electron chi connectivity index (χ2n) is 9.95. The number of benzene rings is 3. The first-order chi connectivity index (χ1) is 15.2. The molecule has 1 N–H and O–H groups in total. The van der Waals surface area contributed by atoms with Gasteiger partial charge >= 0.3 is 0 Å². The van der Waals surface area contributed by atoms with E-state index in [-0.39, 0.29) is 18.1 Å². The van der Waals surface area contributed by atoms with E-state index in [4.69, 9.17) is 4.43 Å². The number of hydrogen-bond donors (Lipinski definition) is 1. The van der Waals surface area contributed by atoms with E-state index in [0.717, 1.165) is 15.9 Å². The van der Waals surface area contributed by atoms with Crippen LogP contribution < -0.4 is 10.4 Å². The van der Waals surface area contributed by atoms with Gasteiger partial charge in [-0.1, -0.05) is 112 Å². The van der Waals surface area contributed by atoms with Crippen LogP contribution in [0.5, 0.6) is 0 Å². The van der Waals surface area contributed by atoms with E-state index < -0.39 is 25.2 Å². The van der Waals surface area contributed by atoms with Gasteiger partial charge in [0.2, 0.25) is 0 Å². The number of aliphatic hydroxyl groups is 1. The third-order valence-corrected chi connectivity index (χ3v) is 11.6. The van der Waals surface area contributed by atoms with E-state index in [1.54, 1.807) is 0 Å². The van der Waals surface area contributed by atoms with E-state index in [0.29, 0.717) is 6.54 Å². The van der Waals surface area contributed by atoms with Gasteiger partial charge < -0.3 is 19.4 Å². The van der Waals surface area contributed by atoms with Crippen LogP contribution in [-0.4, -0.2) is 43.4 Å². The molecule has 32 heavy (non-hydrogen) atoms. The van der Waals surface area contributed by atoms with Crippen LogP contribution in [0.3, 0.4) is 0 Å². The summed E-state index contributed by atoms with van der Waals surface area (Å²) < 4.78 is 6.59. The minimum absolute atomic E-state index is 0.151. The molecule has 0 saturated carbocycles. The highest BCUT2D eigenvalue weighted by Gasteiger charge is 2.54. The van der Waals surface area contributed by atoms with Crippen LogP contribution in [0.25, 0.3) is 0 Å². The number of hydrogen-bond acceptors (Lipinski definition) is 3. The summed E-state index contributed by atoms with van der Waals surface area (Å²) in [6.45, 7) is 7.38. The molecule has 3 aromatic carbocycles. The Morgan fingerprint density at radius 1 is 0.844 bits per heavy atom. The second kappa shape index (κ2) is 8.93. The number of likely N-dealkylation sites (tertiary alicyclic amines) is 1. The van der Waals surface area contributed by atoms with E-state index >= 15 is 0 Å².